The monoisotopic (exact) mass is 546 g/mol. The number of carbonyl (C=O) groups excluding carboxylic acids is 1. The average molecular weight is 547 g/mol. The van der Waals surface area contributed by atoms with Gasteiger partial charge in [0.05, 0.1) is 17.7 Å². The molecule has 1 amide bonds. The van der Waals surface area contributed by atoms with Crippen LogP contribution in [-0.4, -0.2) is 27.5 Å². The van der Waals surface area contributed by atoms with Crippen molar-refractivity contribution in [3.8, 4) is 5.75 Å². The van der Waals surface area contributed by atoms with Gasteiger partial charge in [-0.2, -0.15) is 17.9 Å². The SMILES string of the molecule is COc1ccc(Cl)cc1S(=O)(=O)N[C@H](Cc1ccccc1)C(=O)Nc1ccc(Cl)c(C(F)(F)F)c1. The molecule has 6 nitrogen and oxygen atoms in total. The van der Waals surface area contributed by atoms with Gasteiger partial charge in [-0.1, -0.05) is 53.5 Å². The van der Waals surface area contributed by atoms with Crippen LogP contribution in [-0.2, 0) is 27.4 Å². The Hall–Kier alpha value is -2.79. The summed E-state index contributed by atoms with van der Waals surface area (Å²) >= 11 is 11.6. The highest BCUT2D eigenvalue weighted by Gasteiger charge is 2.34. The summed E-state index contributed by atoms with van der Waals surface area (Å²) in [6.07, 6.45) is -4.83. The maximum absolute atomic E-state index is 13.2. The van der Waals surface area contributed by atoms with Gasteiger partial charge in [0.15, 0.2) is 0 Å². The lowest BCUT2D eigenvalue weighted by molar-refractivity contribution is -0.137. The summed E-state index contributed by atoms with van der Waals surface area (Å²) in [5.41, 5.74) is -0.731. The second-order valence-corrected chi connectivity index (χ2v) is 9.87. The number of anilines is 1. The Bertz CT molecular complexity index is 1320. The first kappa shape index (κ1) is 26.8. The molecular formula is C23H19Cl2F3N2O4S. The standard InChI is InChI=1S/C23H19Cl2F3N2O4S/c1-34-20-10-7-15(24)12-21(20)35(32,33)30-19(11-14-5-3-2-4-6-14)22(31)29-16-8-9-18(25)17(13-16)23(26,27)28/h2-10,12-13,19,30H,11H2,1H3,(H,29,31)/t19-/m1/s1. The summed E-state index contributed by atoms with van der Waals surface area (Å²) in [5.74, 6) is -0.887. The number of halogens is 5. The number of methoxy groups -OCH3 is 1. The molecule has 0 saturated carbocycles. The number of hydrogen-bond donors (Lipinski definition) is 2. The molecule has 0 radical (unpaired) electrons. The molecule has 3 rings (SSSR count). The zero-order valence-corrected chi connectivity index (χ0v) is 20.4. The Morgan fingerprint density at radius 2 is 1.71 bits per heavy atom. The number of amides is 1. The summed E-state index contributed by atoms with van der Waals surface area (Å²) in [6, 6.07) is 13.9. The van der Waals surface area contributed by atoms with Crippen LogP contribution in [0.3, 0.4) is 0 Å². The maximum Gasteiger partial charge on any atom is 0.417 e. The Balaban J connectivity index is 1.95. The highest BCUT2D eigenvalue weighted by molar-refractivity contribution is 7.89. The molecule has 0 aromatic heterocycles. The van der Waals surface area contributed by atoms with Gasteiger partial charge >= 0.3 is 6.18 Å². The number of nitrogens with one attached hydrogen (secondary N) is 2. The van der Waals surface area contributed by atoms with Crippen molar-refractivity contribution in [2.75, 3.05) is 12.4 Å². The molecule has 0 unspecified atom stereocenters. The molecule has 0 aliphatic carbocycles. The second-order valence-electron chi connectivity index (χ2n) is 7.34. The van der Waals surface area contributed by atoms with Gasteiger partial charge in [-0.15, -0.1) is 0 Å². The summed E-state index contributed by atoms with van der Waals surface area (Å²) in [5, 5.41) is 1.92. The molecule has 0 heterocycles. The number of benzene rings is 3. The minimum absolute atomic E-state index is 0.00621. The molecule has 0 aliphatic heterocycles. The van der Waals surface area contributed by atoms with Crippen LogP contribution in [0.25, 0.3) is 0 Å². The number of carbonyl (C=O) groups is 1. The summed E-state index contributed by atoms with van der Waals surface area (Å²) < 4.78 is 73.4. The van der Waals surface area contributed by atoms with Crippen molar-refractivity contribution in [3.05, 3.63) is 87.9 Å². The number of rotatable bonds is 8. The first-order valence-corrected chi connectivity index (χ1v) is 12.2. The fraction of sp³-hybridized carbons (Fsp3) is 0.174. The lowest BCUT2D eigenvalue weighted by Crippen LogP contribution is -2.45. The van der Waals surface area contributed by atoms with Crippen molar-refractivity contribution in [2.24, 2.45) is 0 Å². The summed E-state index contributed by atoms with van der Waals surface area (Å²) in [7, 11) is -3.07. The Morgan fingerprint density at radius 1 is 1.03 bits per heavy atom. The van der Waals surface area contributed by atoms with E-state index in [4.69, 9.17) is 27.9 Å². The first-order valence-electron chi connectivity index (χ1n) is 9.98. The third kappa shape index (κ3) is 6.88. The predicted octanol–water partition coefficient (Wildman–Crippen LogP) is 5.55. The molecule has 0 saturated heterocycles. The zero-order valence-electron chi connectivity index (χ0n) is 18.1. The van der Waals surface area contributed by atoms with Crippen LogP contribution in [0.4, 0.5) is 18.9 Å². The number of ether oxygens (including phenoxy) is 1. The molecule has 186 valence electrons. The Morgan fingerprint density at radius 3 is 2.34 bits per heavy atom. The Labute approximate surface area is 210 Å². The molecule has 0 spiro atoms. The van der Waals surface area contributed by atoms with Crippen molar-refractivity contribution < 1.29 is 31.1 Å². The van der Waals surface area contributed by atoms with E-state index in [0.717, 1.165) is 12.1 Å². The smallest absolute Gasteiger partial charge is 0.417 e. The van der Waals surface area contributed by atoms with Crippen LogP contribution in [0, 0.1) is 0 Å². The minimum Gasteiger partial charge on any atom is -0.495 e. The van der Waals surface area contributed by atoms with Gasteiger partial charge in [-0.05, 0) is 48.4 Å². The van der Waals surface area contributed by atoms with E-state index in [-0.39, 0.29) is 27.8 Å². The van der Waals surface area contributed by atoms with Crippen LogP contribution in [0.2, 0.25) is 10.0 Å². The Kier molecular flexibility index (Phi) is 8.32. The van der Waals surface area contributed by atoms with Crippen molar-refractivity contribution in [3.63, 3.8) is 0 Å². The minimum atomic E-state index is -4.74. The van der Waals surface area contributed by atoms with Crippen LogP contribution in [0.1, 0.15) is 11.1 Å². The maximum atomic E-state index is 13.2. The highest BCUT2D eigenvalue weighted by atomic mass is 35.5. The summed E-state index contributed by atoms with van der Waals surface area (Å²) in [6.45, 7) is 0. The molecule has 3 aromatic carbocycles. The summed E-state index contributed by atoms with van der Waals surface area (Å²) in [4.78, 5) is 12.8. The van der Waals surface area contributed by atoms with E-state index in [0.29, 0.717) is 11.6 Å². The normalized spacial score (nSPS) is 12.7. The molecule has 35 heavy (non-hydrogen) atoms. The van der Waals surface area contributed by atoms with Gasteiger partial charge in [-0.25, -0.2) is 8.42 Å². The van der Waals surface area contributed by atoms with Crippen LogP contribution in [0.15, 0.2) is 71.6 Å². The average Bonchev–Trinajstić information content (AvgIpc) is 2.79. The van der Waals surface area contributed by atoms with Crippen molar-refractivity contribution in [1.82, 2.24) is 4.72 Å². The number of hydrogen-bond acceptors (Lipinski definition) is 4. The lowest BCUT2D eigenvalue weighted by atomic mass is 10.1. The van der Waals surface area contributed by atoms with E-state index in [2.05, 4.69) is 10.0 Å². The molecule has 3 aromatic rings. The van der Waals surface area contributed by atoms with Crippen LogP contribution >= 0.6 is 23.2 Å². The van der Waals surface area contributed by atoms with Crippen molar-refractivity contribution >= 4 is 44.8 Å². The lowest BCUT2D eigenvalue weighted by Gasteiger charge is -2.20. The van der Waals surface area contributed by atoms with Crippen LogP contribution < -0.4 is 14.8 Å². The van der Waals surface area contributed by atoms with E-state index in [1.54, 1.807) is 30.3 Å². The van der Waals surface area contributed by atoms with E-state index in [1.807, 2.05) is 0 Å². The zero-order chi connectivity index (χ0) is 25.8. The van der Waals surface area contributed by atoms with Crippen LogP contribution in [0.5, 0.6) is 5.75 Å². The van der Waals surface area contributed by atoms with Gasteiger partial charge in [-0.3, -0.25) is 4.79 Å². The second kappa shape index (κ2) is 10.9. The molecule has 0 aliphatic rings. The molecule has 1 atom stereocenters. The van der Waals surface area contributed by atoms with Crippen molar-refractivity contribution in [2.45, 2.75) is 23.5 Å². The number of sulfonamides is 1. The molecule has 0 fully saturated rings. The van der Waals surface area contributed by atoms with Gasteiger partial charge in [0.2, 0.25) is 15.9 Å². The van der Waals surface area contributed by atoms with Gasteiger partial charge in [0.25, 0.3) is 0 Å². The predicted molar refractivity (Wildman–Crippen MR) is 127 cm³/mol. The number of alkyl halides is 3. The van der Waals surface area contributed by atoms with Gasteiger partial charge < -0.3 is 10.1 Å². The molecule has 2 N–H and O–H groups in total. The topological polar surface area (TPSA) is 84.5 Å². The van der Waals surface area contributed by atoms with E-state index in [9.17, 15) is 26.4 Å². The molecular weight excluding hydrogens is 528 g/mol. The quantitative estimate of drug-likeness (QED) is 0.388. The fourth-order valence-electron chi connectivity index (χ4n) is 3.20. The highest BCUT2D eigenvalue weighted by Crippen LogP contribution is 2.36. The largest absolute Gasteiger partial charge is 0.495 e. The third-order valence-electron chi connectivity index (χ3n) is 4.85. The van der Waals surface area contributed by atoms with E-state index in [1.165, 1.54) is 25.3 Å². The molecule has 0 bridgehead atoms. The first-order chi connectivity index (χ1) is 16.4. The van der Waals surface area contributed by atoms with E-state index < -0.39 is 38.7 Å². The fourth-order valence-corrected chi connectivity index (χ4v) is 5.05. The van der Waals surface area contributed by atoms with Gasteiger partial charge in [0.1, 0.15) is 16.7 Å². The van der Waals surface area contributed by atoms with E-state index >= 15 is 0 Å². The van der Waals surface area contributed by atoms with Gasteiger partial charge in [0, 0.05) is 10.7 Å². The third-order valence-corrected chi connectivity index (χ3v) is 6.91. The van der Waals surface area contributed by atoms with Crippen molar-refractivity contribution in [1.29, 1.82) is 0 Å². The molecule has 12 heteroatoms.